The van der Waals surface area contributed by atoms with Gasteiger partial charge in [-0.1, -0.05) is 30.8 Å². The number of halogens is 2. The molecule has 0 bridgehead atoms. The number of nitrogens with zero attached hydrogens (tertiary/aromatic N) is 1. The Kier molecular flexibility index (Phi) is 7.99. The maximum Gasteiger partial charge on any atom is 0.311 e. The molecule has 1 heterocycles. The van der Waals surface area contributed by atoms with Gasteiger partial charge < -0.3 is 15.4 Å². The second kappa shape index (κ2) is 10.9. The van der Waals surface area contributed by atoms with E-state index in [2.05, 4.69) is 15.6 Å². The number of anilines is 2. The summed E-state index contributed by atoms with van der Waals surface area (Å²) in [5, 5.41) is 5.52. The molecule has 1 aliphatic rings. The average molecular weight is 460 g/mol. The summed E-state index contributed by atoms with van der Waals surface area (Å²) in [6, 6.07) is 10.2. The summed E-state index contributed by atoms with van der Waals surface area (Å²) in [5.74, 6) is -2.23. The highest BCUT2D eigenvalue weighted by Crippen LogP contribution is 2.32. The Balaban J connectivity index is 1.83. The zero-order valence-electron chi connectivity index (χ0n) is 17.7. The molecular formula is C23H23F2N3O3S. The number of hydrogen-bond acceptors (Lipinski definition) is 6. The molecule has 1 atom stereocenters. The molecule has 9 heteroatoms. The molecule has 1 amide bonds. The molecule has 2 N–H and O–H groups in total. The van der Waals surface area contributed by atoms with E-state index in [9.17, 15) is 18.4 Å². The van der Waals surface area contributed by atoms with Gasteiger partial charge in [0, 0.05) is 11.8 Å². The van der Waals surface area contributed by atoms with Gasteiger partial charge in [0.2, 0.25) is 5.91 Å². The number of amides is 1. The molecule has 0 unspecified atom stereocenters. The summed E-state index contributed by atoms with van der Waals surface area (Å²) in [7, 11) is 0. The molecule has 0 radical (unpaired) electrons. The number of benzene rings is 2. The van der Waals surface area contributed by atoms with E-state index in [4.69, 9.17) is 4.74 Å². The van der Waals surface area contributed by atoms with Gasteiger partial charge in [0.05, 0.1) is 40.4 Å². The fraction of sp³-hybridized carbons (Fsp3) is 0.261. The third kappa shape index (κ3) is 6.16. The molecule has 0 saturated carbocycles. The Morgan fingerprint density at radius 3 is 2.72 bits per heavy atom. The van der Waals surface area contributed by atoms with Gasteiger partial charge in [0.15, 0.2) is 0 Å². The summed E-state index contributed by atoms with van der Waals surface area (Å²) in [6.07, 6.45) is 2.13. The third-order valence-corrected chi connectivity index (χ3v) is 5.76. The van der Waals surface area contributed by atoms with Crippen molar-refractivity contribution < 1.29 is 23.1 Å². The number of carbonyl (C=O) groups excluding carboxylic acids is 2. The minimum absolute atomic E-state index is 0.0131. The fourth-order valence-corrected chi connectivity index (χ4v) is 3.97. The number of rotatable bonds is 7. The Morgan fingerprint density at radius 1 is 1.19 bits per heavy atom. The maximum absolute atomic E-state index is 13.9. The number of ether oxygens (including phenoxy) is 1. The van der Waals surface area contributed by atoms with Gasteiger partial charge in [-0.15, -0.1) is 0 Å². The van der Waals surface area contributed by atoms with Crippen molar-refractivity contribution in [3.05, 3.63) is 65.9 Å². The molecule has 0 saturated heterocycles. The number of thioether (sulfide) groups is 1. The van der Waals surface area contributed by atoms with E-state index in [1.54, 1.807) is 13.0 Å². The predicted molar refractivity (Wildman–Crippen MR) is 123 cm³/mol. The van der Waals surface area contributed by atoms with Crippen LogP contribution in [-0.2, 0) is 14.3 Å². The fourth-order valence-electron chi connectivity index (χ4n) is 2.98. The van der Waals surface area contributed by atoms with Gasteiger partial charge in [-0.3, -0.25) is 9.59 Å². The van der Waals surface area contributed by atoms with E-state index in [0.29, 0.717) is 22.8 Å². The first kappa shape index (κ1) is 23.5. The molecule has 2 aromatic rings. The quantitative estimate of drug-likeness (QED) is 0.542. The van der Waals surface area contributed by atoms with Crippen LogP contribution >= 0.6 is 11.8 Å². The van der Waals surface area contributed by atoms with Crippen molar-refractivity contribution in [3.63, 3.8) is 0 Å². The largest absolute Gasteiger partial charge is 0.466 e. The highest BCUT2D eigenvalue weighted by atomic mass is 32.2. The predicted octanol–water partition coefficient (Wildman–Crippen LogP) is 5.41. The van der Waals surface area contributed by atoms with E-state index in [1.807, 2.05) is 31.2 Å². The summed E-state index contributed by atoms with van der Waals surface area (Å²) in [5.41, 5.74) is 1.73. The van der Waals surface area contributed by atoms with Crippen LogP contribution in [0.25, 0.3) is 0 Å². The highest BCUT2D eigenvalue weighted by molar-refractivity contribution is 8.15. The van der Waals surface area contributed by atoms with Crippen molar-refractivity contribution in [2.45, 2.75) is 31.9 Å². The number of esters is 1. The third-order valence-electron chi connectivity index (χ3n) is 4.48. The number of fused-ring (bicyclic) bond motifs is 1. The summed E-state index contributed by atoms with van der Waals surface area (Å²) >= 11 is 1.18. The normalized spacial score (nSPS) is 13.6. The van der Waals surface area contributed by atoms with Crippen molar-refractivity contribution in [1.82, 2.24) is 0 Å². The van der Waals surface area contributed by atoms with E-state index in [0.717, 1.165) is 23.9 Å². The Labute approximate surface area is 189 Å². The highest BCUT2D eigenvalue weighted by Gasteiger charge is 2.23. The summed E-state index contributed by atoms with van der Waals surface area (Å²) in [4.78, 5) is 29.4. The van der Waals surface area contributed by atoms with Crippen LogP contribution in [0, 0.1) is 11.6 Å². The van der Waals surface area contributed by atoms with E-state index >= 15 is 0 Å². The second-order valence-corrected chi connectivity index (χ2v) is 8.09. The number of aliphatic imine (C=N–C) groups is 1. The zero-order valence-corrected chi connectivity index (χ0v) is 18.5. The van der Waals surface area contributed by atoms with E-state index < -0.39 is 22.8 Å². The molecule has 0 spiro atoms. The van der Waals surface area contributed by atoms with Crippen molar-refractivity contribution in [1.29, 1.82) is 0 Å². The van der Waals surface area contributed by atoms with Crippen LogP contribution in [0.5, 0.6) is 0 Å². The SMILES string of the molecule is CCOC(=O)CC1=CC(S[C@H](CC)C(=O)Nc2cc(F)ccc2F)=Nc2ccccc2N1. The van der Waals surface area contributed by atoms with Gasteiger partial charge in [0.1, 0.15) is 11.6 Å². The number of para-hydroxylation sites is 2. The van der Waals surface area contributed by atoms with Crippen molar-refractivity contribution >= 4 is 45.7 Å². The first-order valence-electron chi connectivity index (χ1n) is 10.1. The van der Waals surface area contributed by atoms with Crippen LogP contribution < -0.4 is 10.6 Å². The molecule has 3 rings (SSSR count). The Bertz CT molecular complexity index is 1070. The lowest BCUT2D eigenvalue weighted by Gasteiger charge is -2.15. The van der Waals surface area contributed by atoms with Gasteiger partial charge in [-0.25, -0.2) is 13.8 Å². The minimum atomic E-state index is -0.721. The Morgan fingerprint density at radius 2 is 1.97 bits per heavy atom. The van der Waals surface area contributed by atoms with Crippen LogP contribution in [0.1, 0.15) is 26.7 Å². The lowest BCUT2D eigenvalue weighted by atomic mass is 10.2. The standard InChI is InChI=1S/C23H23F2N3O3S/c1-3-20(23(30)28-19-11-14(24)9-10-16(19)25)32-21-12-15(13-22(29)31-4-2)26-17-7-5-6-8-18(17)27-21/h5-12,20,26H,3-4,13H2,1-2H3,(H,28,30)/t20-/m1/s1. The van der Waals surface area contributed by atoms with Crippen molar-refractivity contribution in [3.8, 4) is 0 Å². The first-order valence-corrected chi connectivity index (χ1v) is 11.0. The van der Waals surface area contributed by atoms with Crippen LogP contribution in [0.3, 0.4) is 0 Å². The van der Waals surface area contributed by atoms with Gasteiger partial charge in [-0.05, 0) is 43.7 Å². The number of nitrogens with one attached hydrogen (secondary N) is 2. The van der Waals surface area contributed by atoms with Gasteiger partial charge >= 0.3 is 5.97 Å². The van der Waals surface area contributed by atoms with Crippen LogP contribution in [0.4, 0.5) is 25.8 Å². The molecule has 168 valence electrons. The minimum Gasteiger partial charge on any atom is -0.466 e. The number of hydrogen-bond donors (Lipinski definition) is 2. The molecule has 0 fully saturated rings. The average Bonchev–Trinajstić information content (AvgIpc) is 2.92. The zero-order chi connectivity index (χ0) is 23.1. The lowest BCUT2D eigenvalue weighted by Crippen LogP contribution is -2.26. The van der Waals surface area contributed by atoms with Crippen LogP contribution in [-0.4, -0.2) is 28.8 Å². The van der Waals surface area contributed by atoms with Crippen molar-refractivity contribution in [2.24, 2.45) is 4.99 Å². The van der Waals surface area contributed by atoms with Crippen molar-refractivity contribution in [2.75, 3.05) is 17.2 Å². The molecule has 1 aliphatic heterocycles. The monoisotopic (exact) mass is 459 g/mol. The summed E-state index contributed by atoms with van der Waals surface area (Å²) in [6.45, 7) is 3.82. The Hall–Kier alpha value is -3.20. The van der Waals surface area contributed by atoms with Gasteiger partial charge in [-0.2, -0.15) is 0 Å². The molecule has 32 heavy (non-hydrogen) atoms. The smallest absolute Gasteiger partial charge is 0.311 e. The van der Waals surface area contributed by atoms with E-state index in [1.165, 1.54) is 11.8 Å². The second-order valence-electron chi connectivity index (χ2n) is 6.87. The van der Waals surface area contributed by atoms with Crippen LogP contribution in [0.15, 0.2) is 59.2 Å². The summed E-state index contributed by atoms with van der Waals surface area (Å²) < 4.78 is 32.4. The maximum atomic E-state index is 13.9. The first-order chi connectivity index (χ1) is 15.4. The number of carbonyl (C=O) groups is 2. The topological polar surface area (TPSA) is 79.8 Å². The molecule has 6 nitrogen and oxygen atoms in total. The molecule has 0 aliphatic carbocycles. The molecular weight excluding hydrogens is 436 g/mol. The molecule has 2 aromatic carbocycles. The van der Waals surface area contributed by atoms with E-state index in [-0.39, 0.29) is 24.7 Å². The molecule has 0 aromatic heterocycles. The van der Waals surface area contributed by atoms with Crippen LogP contribution in [0.2, 0.25) is 0 Å². The van der Waals surface area contributed by atoms with Gasteiger partial charge in [0.25, 0.3) is 0 Å². The lowest BCUT2D eigenvalue weighted by molar-refractivity contribution is -0.142.